The molecule has 1 unspecified atom stereocenters. The summed E-state index contributed by atoms with van der Waals surface area (Å²) in [5.41, 5.74) is 5.19. The van der Waals surface area contributed by atoms with Crippen molar-refractivity contribution in [1.29, 1.82) is 0 Å². The fourth-order valence-electron chi connectivity index (χ4n) is 0.854. The van der Waals surface area contributed by atoms with Gasteiger partial charge in [-0.2, -0.15) is 0 Å². The van der Waals surface area contributed by atoms with Crippen molar-refractivity contribution in [2.24, 2.45) is 11.7 Å². The van der Waals surface area contributed by atoms with E-state index in [1.165, 1.54) is 0 Å². The molecule has 0 aromatic heterocycles. The number of halogens is 1. The summed E-state index contributed by atoms with van der Waals surface area (Å²) in [6.07, 6.45) is 0.287. The zero-order valence-corrected chi connectivity index (χ0v) is 9.93. The van der Waals surface area contributed by atoms with Crippen LogP contribution in [-0.2, 0) is 14.3 Å². The molecule has 0 rings (SSSR count). The molecule has 0 aliphatic heterocycles. The van der Waals surface area contributed by atoms with Crippen LogP contribution >= 0.6 is 12.4 Å². The van der Waals surface area contributed by atoms with Crippen LogP contribution in [0.2, 0.25) is 0 Å². The third kappa shape index (κ3) is 8.20. The first-order valence-electron chi connectivity index (χ1n) is 4.75. The normalized spacial score (nSPS) is 11.1. The Morgan fingerprint density at radius 1 is 1.47 bits per heavy atom. The predicted molar refractivity (Wildman–Crippen MR) is 59.7 cm³/mol. The number of rotatable bonds is 6. The second-order valence-corrected chi connectivity index (χ2v) is 3.00. The van der Waals surface area contributed by atoms with Crippen molar-refractivity contribution in [2.45, 2.75) is 20.3 Å². The fourth-order valence-corrected chi connectivity index (χ4v) is 0.854. The average Bonchev–Trinajstić information content (AvgIpc) is 2.15. The number of ether oxygens (including phenoxy) is 1. The molecule has 0 spiro atoms. The number of carbonyl (C=O) groups is 2. The lowest BCUT2D eigenvalue weighted by atomic mass is 10.2. The molecule has 1 amide bonds. The number of amides is 1. The van der Waals surface area contributed by atoms with E-state index >= 15 is 0 Å². The quantitative estimate of drug-likeness (QED) is 0.642. The first-order chi connectivity index (χ1) is 6.61. The third-order valence-corrected chi connectivity index (χ3v) is 1.67. The Bertz CT molecular complexity index is 200. The van der Waals surface area contributed by atoms with Crippen LogP contribution in [0, 0.1) is 5.92 Å². The highest BCUT2D eigenvalue weighted by atomic mass is 35.5. The molecular weight excluding hydrogens is 220 g/mol. The van der Waals surface area contributed by atoms with Gasteiger partial charge in [0.25, 0.3) is 0 Å². The van der Waals surface area contributed by atoms with Crippen LogP contribution in [0.15, 0.2) is 0 Å². The van der Waals surface area contributed by atoms with Gasteiger partial charge in [-0.3, -0.25) is 9.59 Å². The second kappa shape index (κ2) is 9.73. The zero-order chi connectivity index (χ0) is 11.0. The summed E-state index contributed by atoms with van der Waals surface area (Å²) in [5.74, 6) is -0.735. The van der Waals surface area contributed by atoms with Crippen LogP contribution in [0.1, 0.15) is 20.3 Å². The molecule has 90 valence electrons. The molecule has 5 nitrogen and oxygen atoms in total. The lowest BCUT2D eigenvalue weighted by Gasteiger charge is -2.11. The highest BCUT2D eigenvalue weighted by Gasteiger charge is 2.14. The zero-order valence-electron chi connectivity index (χ0n) is 9.12. The summed E-state index contributed by atoms with van der Waals surface area (Å²) >= 11 is 0. The van der Waals surface area contributed by atoms with Gasteiger partial charge in [-0.25, -0.2) is 0 Å². The maximum absolute atomic E-state index is 11.1. The van der Waals surface area contributed by atoms with E-state index in [2.05, 4.69) is 5.32 Å². The molecule has 0 aromatic rings. The molecule has 0 aliphatic carbocycles. The molecule has 0 heterocycles. The first kappa shape index (κ1) is 16.6. The van der Waals surface area contributed by atoms with Crippen molar-refractivity contribution in [3.63, 3.8) is 0 Å². The number of esters is 1. The molecular formula is C9H19ClN2O3. The van der Waals surface area contributed by atoms with Crippen molar-refractivity contribution in [1.82, 2.24) is 5.32 Å². The van der Waals surface area contributed by atoms with Crippen molar-refractivity contribution in [2.75, 3.05) is 19.7 Å². The number of nitrogens with one attached hydrogen (secondary N) is 1. The monoisotopic (exact) mass is 238 g/mol. The SMILES string of the molecule is CCOC(=O)C(C)CNC(=O)CCN.Cl. The van der Waals surface area contributed by atoms with E-state index in [0.717, 1.165) is 0 Å². The molecule has 15 heavy (non-hydrogen) atoms. The fraction of sp³-hybridized carbons (Fsp3) is 0.778. The number of hydrogen-bond donors (Lipinski definition) is 2. The maximum atomic E-state index is 11.1. The Morgan fingerprint density at radius 3 is 2.53 bits per heavy atom. The second-order valence-electron chi connectivity index (χ2n) is 3.00. The predicted octanol–water partition coefficient (Wildman–Crippen LogP) is 0.0724. The van der Waals surface area contributed by atoms with E-state index in [1.807, 2.05) is 0 Å². The summed E-state index contributed by atoms with van der Waals surface area (Å²) < 4.78 is 4.78. The van der Waals surface area contributed by atoms with E-state index in [9.17, 15) is 9.59 Å². The van der Waals surface area contributed by atoms with E-state index in [-0.39, 0.29) is 36.6 Å². The number of nitrogens with two attached hydrogens (primary N) is 1. The maximum Gasteiger partial charge on any atom is 0.310 e. The van der Waals surface area contributed by atoms with Gasteiger partial charge in [-0.1, -0.05) is 6.92 Å². The van der Waals surface area contributed by atoms with Crippen LogP contribution in [0.3, 0.4) is 0 Å². The molecule has 0 radical (unpaired) electrons. The van der Waals surface area contributed by atoms with Gasteiger partial charge in [0.2, 0.25) is 5.91 Å². The van der Waals surface area contributed by atoms with Gasteiger partial charge >= 0.3 is 5.97 Å². The Kier molecular flexibility index (Phi) is 10.8. The summed E-state index contributed by atoms with van der Waals surface area (Å²) in [4.78, 5) is 22.1. The van der Waals surface area contributed by atoms with Gasteiger partial charge in [0, 0.05) is 19.5 Å². The first-order valence-corrected chi connectivity index (χ1v) is 4.75. The minimum Gasteiger partial charge on any atom is -0.466 e. The van der Waals surface area contributed by atoms with Gasteiger partial charge in [-0.15, -0.1) is 12.4 Å². The van der Waals surface area contributed by atoms with Crippen LogP contribution in [0.25, 0.3) is 0 Å². The van der Waals surface area contributed by atoms with Gasteiger partial charge in [0.15, 0.2) is 0 Å². The van der Waals surface area contributed by atoms with E-state index in [4.69, 9.17) is 10.5 Å². The third-order valence-electron chi connectivity index (χ3n) is 1.67. The van der Waals surface area contributed by atoms with Crippen molar-refractivity contribution < 1.29 is 14.3 Å². The van der Waals surface area contributed by atoms with Crippen LogP contribution in [0.4, 0.5) is 0 Å². The standard InChI is InChI=1S/C9H18N2O3.ClH/c1-3-14-9(13)7(2)6-11-8(12)4-5-10;/h7H,3-6,10H2,1-2H3,(H,11,12);1H. The highest BCUT2D eigenvalue weighted by Crippen LogP contribution is 1.96. The van der Waals surface area contributed by atoms with Gasteiger partial charge in [0.05, 0.1) is 12.5 Å². The minimum absolute atomic E-state index is 0. The molecule has 0 saturated heterocycles. The molecule has 0 saturated carbocycles. The van der Waals surface area contributed by atoms with Crippen molar-refractivity contribution >= 4 is 24.3 Å². The number of carbonyl (C=O) groups excluding carboxylic acids is 2. The van der Waals surface area contributed by atoms with Crippen molar-refractivity contribution in [3.8, 4) is 0 Å². The van der Waals surface area contributed by atoms with E-state index in [1.54, 1.807) is 13.8 Å². The molecule has 0 fully saturated rings. The van der Waals surface area contributed by atoms with Gasteiger partial charge in [0.1, 0.15) is 0 Å². The highest BCUT2D eigenvalue weighted by molar-refractivity contribution is 5.85. The topological polar surface area (TPSA) is 81.4 Å². The summed E-state index contributed by atoms with van der Waals surface area (Å²) in [6.45, 7) is 4.44. The van der Waals surface area contributed by atoms with Crippen molar-refractivity contribution in [3.05, 3.63) is 0 Å². The van der Waals surface area contributed by atoms with E-state index < -0.39 is 0 Å². The summed E-state index contributed by atoms with van der Waals surface area (Å²) in [7, 11) is 0. The molecule has 0 aliphatic rings. The Morgan fingerprint density at radius 2 is 2.07 bits per heavy atom. The molecule has 6 heteroatoms. The number of hydrogen-bond acceptors (Lipinski definition) is 4. The summed E-state index contributed by atoms with van der Waals surface area (Å²) in [5, 5.41) is 2.60. The van der Waals surface area contributed by atoms with Crippen LogP contribution < -0.4 is 11.1 Å². The average molecular weight is 239 g/mol. The molecule has 0 bridgehead atoms. The lowest BCUT2D eigenvalue weighted by Crippen LogP contribution is -2.33. The molecule has 3 N–H and O–H groups in total. The summed E-state index contributed by atoms with van der Waals surface area (Å²) in [6, 6.07) is 0. The molecule has 1 atom stereocenters. The minimum atomic E-state index is -0.309. The smallest absolute Gasteiger partial charge is 0.310 e. The Balaban J connectivity index is 0. The lowest BCUT2D eigenvalue weighted by molar-refractivity contribution is -0.147. The van der Waals surface area contributed by atoms with Crippen LogP contribution in [-0.4, -0.2) is 31.6 Å². The van der Waals surface area contributed by atoms with Crippen LogP contribution in [0.5, 0.6) is 0 Å². The molecule has 0 aromatic carbocycles. The van der Waals surface area contributed by atoms with E-state index in [0.29, 0.717) is 19.7 Å². The Labute approximate surface area is 96.1 Å². The van der Waals surface area contributed by atoms with Gasteiger partial charge < -0.3 is 15.8 Å². The largest absolute Gasteiger partial charge is 0.466 e. The Hall–Kier alpha value is -0.810. The van der Waals surface area contributed by atoms with Gasteiger partial charge in [-0.05, 0) is 6.92 Å².